The quantitative estimate of drug-likeness (QED) is 0.856. The predicted molar refractivity (Wildman–Crippen MR) is 106 cm³/mol. The lowest BCUT2D eigenvalue weighted by Gasteiger charge is -2.32. The topological polar surface area (TPSA) is 76.6 Å². The largest absolute Gasteiger partial charge is 0.493 e. The van der Waals surface area contributed by atoms with Gasteiger partial charge in [-0.15, -0.1) is 0 Å². The third kappa shape index (κ3) is 3.61. The number of nitrogens with one attached hydrogen (secondary N) is 1. The molecule has 0 bridgehead atoms. The number of benzene rings is 1. The maximum atomic E-state index is 13.0. The van der Waals surface area contributed by atoms with Crippen molar-refractivity contribution in [3.05, 3.63) is 41.7 Å². The average Bonchev–Trinajstić information content (AvgIpc) is 3.14. The molecule has 2 heterocycles. The maximum Gasteiger partial charge on any atom is 0.225 e. The highest BCUT2D eigenvalue weighted by Crippen LogP contribution is 2.39. The number of fused-ring (bicyclic) bond motifs is 1. The number of nitrogens with zero attached hydrogens (tertiary/aromatic N) is 3. The number of methoxy groups -OCH3 is 2. The van der Waals surface area contributed by atoms with Crippen LogP contribution in [0.5, 0.6) is 11.5 Å². The number of aryl methyl sites for hydroxylation is 1. The molecule has 2 atom stereocenters. The zero-order valence-electron chi connectivity index (χ0n) is 16.4. The van der Waals surface area contributed by atoms with E-state index < -0.39 is 0 Å². The molecule has 1 N–H and O–H groups in total. The van der Waals surface area contributed by atoms with Crippen LogP contribution >= 0.6 is 0 Å². The van der Waals surface area contributed by atoms with Gasteiger partial charge < -0.3 is 19.7 Å². The van der Waals surface area contributed by atoms with Crippen molar-refractivity contribution < 1.29 is 14.3 Å². The highest BCUT2D eigenvalue weighted by atomic mass is 16.5. The van der Waals surface area contributed by atoms with Crippen LogP contribution in [0.4, 0.5) is 5.95 Å². The summed E-state index contributed by atoms with van der Waals surface area (Å²) in [6.45, 7) is 1.54. The van der Waals surface area contributed by atoms with Gasteiger partial charge in [0.1, 0.15) is 0 Å². The number of ether oxygens (including phenoxy) is 2. The van der Waals surface area contributed by atoms with Crippen LogP contribution in [-0.4, -0.2) is 43.2 Å². The molecule has 1 aromatic heterocycles. The van der Waals surface area contributed by atoms with Gasteiger partial charge in [0.05, 0.1) is 26.2 Å². The van der Waals surface area contributed by atoms with Crippen molar-refractivity contribution >= 4 is 11.9 Å². The fourth-order valence-electron chi connectivity index (χ4n) is 4.20. The van der Waals surface area contributed by atoms with Crippen LogP contribution in [0, 0.1) is 5.92 Å². The number of carbonyl (C=O) groups excluding carboxylic acids is 1. The SMILES string of the molecule is COc1cc2c(cc1OC)[C@H](NC(=O)[C@@H]1CCCN(c3ncccn3)C1)CC2. The molecule has 1 saturated heterocycles. The summed E-state index contributed by atoms with van der Waals surface area (Å²) >= 11 is 0. The van der Waals surface area contributed by atoms with Gasteiger partial charge in [-0.3, -0.25) is 4.79 Å². The Morgan fingerprint density at radius 1 is 1.14 bits per heavy atom. The minimum absolute atomic E-state index is 0.0191. The number of hydrogen-bond acceptors (Lipinski definition) is 6. The number of aromatic nitrogens is 2. The van der Waals surface area contributed by atoms with Crippen LogP contribution in [0.15, 0.2) is 30.6 Å². The molecule has 0 saturated carbocycles. The smallest absolute Gasteiger partial charge is 0.225 e. The van der Waals surface area contributed by atoms with Crippen LogP contribution in [0.2, 0.25) is 0 Å². The lowest BCUT2D eigenvalue weighted by Crippen LogP contribution is -2.44. The third-order valence-electron chi connectivity index (χ3n) is 5.67. The van der Waals surface area contributed by atoms with Gasteiger partial charge in [0.2, 0.25) is 11.9 Å². The molecule has 1 aliphatic carbocycles. The fourth-order valence-corrected chi connectivity index (χ4v) is 4.20. The van der Waals surface area contributed by atoms with Gasteiger partial charge in [0.15, 0.2) is 11.5 Å². The Hall–Kier alpha value is -2.83. The van der Waals surface area contributed by atoms with Gasteiger partial charge in [-0.05, 0) is 55.0 Å². The lowest BCUT2D eigenvalue weighted by atomic mass is 9.96. The van der Waals surface area contributed by atoms with Crippen LogP contribution < -0.4 is 19.7 Å². The van der Waals surface area contributed by atoms with E-state index in [4.69, 9.17) is 9.47 Å². The zero-order chi connectivity index (χ0) is 19.5. The van der Waals surface area contributed by atoms with Crippen molar-refractivity contribution in [3.63, 3.8) is 0 Å². The first-order valence-electron chi connectivity index (χ1n) is 9.76. The number of anilines is 1. The highest BCUT2D eigenvalue weighted by molar-refractivity contribution is 5.80. The molecule has 7 nitrogen and oxygen atoms in total. The Morgan fingerprint density at radius 3 is 2.64 bits per heavy atom. The summed E-state index contributed by atoms with van der Waals surface area (Å²) in [6.07, 6.45) is 7.15. The van der Waals surface area contributed by atoms with Crippen LogP contribution in [0.25, 0.3) is 0 Å². The maximum absolute atomic E-state index is 13.0. The Kier molecular flexibility index (Phi) is 5.32. The second-order valence-corrected chi connectivity index (χ2v) is 7.34. The molecule has 1 aromatic carbocycles. The third-order valence-corrected chi connectivity index (χ3v) is 5.67. The van der Waals surface area contributed by atoms with E-state index in [0.29, 0.717) is 18.2 Å². The molecule has 0 unspecified atom stereocenters. The van der Waals surface area contributed by atoms with Crippen molar-refractivity contribution in [3.8, 4) is 11.5 Å². The van der Waals surface area contributed by atoms with Gasteiger partial charge in [-0.25, -0.2) is 9.97 Å². The normalized spacial score (nSPS) is 21.1. The molecule has 28 heavy (non-hydrogen) atoms. The second kappa shape index (κ2) is 8.04. The van der Waals surface area contributed by atoms with Gasteiger partial charge in [-0.2, -0.15) is 0 Å². The Balaban J connectivity index is 1.45. The first-order chi connectivity index (χ1) is 13.7. The zero-order valence-corrected chi connectivity index (χ0v) is 16.4. The molecule has 0 radical (unpaired) electrons. The summed E-state index contributed by atoms with van der Waals surface area (Å²) in [6, 6.07) is 5.84. The molecule has 1 aliphatic heterocycles. The summed E-state index contributed by atoms with van der Waals surface area (Å²) in [5.41, 5.74) is 2.34. The molecule has 0 spiro atoms. The van der Waals surface area contributed by atoms with Crippen molar-refractivity contribution in [2.24, 2.45) is 5.92 Å². The summed E-state index contributed by atoms with van der Waals surface area (Å²) < 4.78 is 10.8. The first kappa shape index (κ1) is 18.5. The Morgan fingerprint density at radius 2 is 1.89 bits per heavy atom. The summed E-state index contributed by atoms with van der Waals surface area (Å²) in [7, 11) is 3.28. The van der Waals surface area contributed by atoms with Crippen molar-refractivity contribution in [2.75, 3.05) is 32.2 Å². The summed E-state index contributed by atoms with van der Waals surface area (Å²) in [5.74, 6) is 2.18. The number of piperidine rings is 1. The lowest BCUT2D eigenvalue weighted by molar-refractivity contribution is -0.126. The highest BCUT2D eigenvalue weighted by Gasteiger charge is 2.31. The Bertz CT molecular complexity index is 843. The van der Waals surface area contributed by atoms with E-state index in [0.717, 1.165) is 43.5 Å². The number of amides is 1. The van der Waals surface area contributed by atoms with E-state index in [1.807, 2.05) is 12.1 Å². The van der Waals surface area contributed by atoms with E-state index in [9.17, 15) is 4.79 Å². The summed E-state index contributed by atoms with van der Waals surface area (Å²) in [4.78, 5) is 23.7. The van der Waals surface area contributed by atoms with Crippen LogP contribution in [-0.2, 0) is 11.2 Å². The van der Waals surface area contributed by atoms with Crippen molar-refractivity contribution in [1.82, 2.24) is 15.3 Å². The van der Waals surface area contributed by atoms with E-state index in [-0.39, 0.29) is 17.9 Å². The molecule has 148 valence electrons. The molecular weight excluding hydrogens is 356 g/mol. The second-order valence-electron chi connectivity index (χ2n) is 7.34. The molecule has 2 aromatic rings. The minimum atomic E-state index is -0.0539. The minimum Gasteiger partial charge on any atom is -0.493 e. The molecule has 7 heteroatoms. The van der Waals surface area contributed by atoms with Crippen LogP contribution in [0.3, 0.4) is 0 Å². The Labute approximate surface area is 165 Å². The van der Waals surface area contributed by atoms with Gasteiger partial charge in [-0.1, -0.05) is 0 Å². The van der Waals surface area contributed by atoms with Crippen molar-refractivity contribution in [2.45, 2.75) is 31.7 Å². The molecular formula is C21H26N4O3. The van der Waals surface area contributed by atoms with E-state index >= 15 is 0 Å². The first-order valence-corrected chi connectivity index (χ1v) is 9.76. The molecule has 4 rings (SSSR count). The molecule has 1 fully saturated rings. The number of rotatable bonds is 5. The van der Waals surface area contributed by atoms with Crippen molar-refractivity contribution in [1.29, 1.82) is 0 Å². The summed E-state index contributed by atoms with van der Waals surface area (Å²) in [5, 5.41) is 3.26. The number of hydrogen-bond donors (Lipinski definition) is 1. The molecule has 1 amide bonds. The fraction of sp³-hybridized carbons (Fsp3) is 0.476. The average molecular weight is 382 g/mol. The number of carbonyl (C=O) groups is 1. The van der Waals surface area contributed by atoms with E-state index in [2.05, 4.69) is 20.2 Å². The van der Waals surface area contributed by atoms with E-state index in [1.54, 1.807) is 32.7 Å². The van der Waals surface area contributed by atoms with Crippen LogP contribution in [0.1, 0.15) is 36.4 Å². The monoisotopic (exact) mass is 382 g/mol. The van der Waals surface area contributed by atoms with Gasteiger partial charge in [0.25, 0.3) is 0 Å². The standard InChI is InChI=1S/C21H26N4O3/c1-27-18-11-14-6-7-17(16(14)12-19(18)28-2)24-20(26)15-5-3-10-25(13-15)21-22-8-4-9-23-21/h4,8-9,11-12,15,17H,3,5-7,10,13H2,1-2H3,(H,24,26)/t15-,17-/m1/s1. The predicted octanol–water partition coefficient (Wildman–Crippen LogP) is 2.51. The molecule has 2 aliphatic rings. The van der Waals surface area contributed by atoms with E-state index in [1.165, 1.54) is 5.56 Å². The van der Waals surface area contributed by atoms with Gasteiger partial charge >= 0.3 is 0 Å². The van der Waals surface area contributed by atoms with Gasteiger partial charge in [0, 0.05) is 25.5 Å².